The second kappa shape index (κ2) is 7.47. The molecule has 0 radical (unpaired) electrons. The Morgan fingerprint density at radius 3 is 2.70 bits per heavy atom. The lowest BCUT2D eigenvalue weighted by Crippen LogP contribution is -2.36. The van der Waals surface area contributed by atoms with Crippen LogP contribution in [0.15, 0.2) is 29.2 Å². The zero-order valence-corrected chi connectivity index (χ0v) is 11.6. The second-order valence-electron chi connectivity index (χ2n) is 4.00. The van der Waals surface area contributed by atoms with Gasteiger partial charge >= 0.3 is 6.03 Å². The number of urea groups is 1. The Labute approximate surface area is 117 Å². The van der Waals surface area contributed by atoms with Crippen molar-refractivity contribution in [2.24, 2.45) is 5.73 Å². The van der Waals surface area contributed by atoms with Gasteiger partial charge in [0.2, 0.25) is 0 Å². The summed E-state index contributed by atoms with van der Waals surface area (Å²) in [6, 6.07) is 7.18. The smallest absolute Gasteiger partial charge is 0.312 e. The normalized spacial score (nSPS) is 10.8. The van der Waals surface area contributed by atoms with Gasteiger partial charge in [0.25, 0.3) is 0 Å². The van der Waals surface area contributed by atoms with Crippen LogP contribution in [-0.2, 0) is 9.84 Å². The van der Waals surface area contributed by atoms with Crippen LogP contribution in [0, 0.1) is 11.3 Å². The largest absolute Gasteiger partial charge is 0.352 e. The predicted molar refractivity (Wildman–Crippen MR) is 73.7 cm³/mol. The Kier molecular flexibility index (Phi) is 5.96. The summed E-state index contributed by atoms with van der Waals surface area (Å²) < 4.78 is 24.0. The van der Waals surface area contributed by atoms with Gasteiger partial charge in [0, 0.05) is 19.6 Å². The third-order valence-corrected chi connectivity index (χ3v) is 4.18. The van der Waals surface area contributed by atoms with Crippen molar-refractivity contribution in [1.29, 1.82) is 5.26 Å². The number of carbonyl (C=O) groups is 1. The summed E-state index contributed by atoms with van der Waals surface area (Å²) in [6.07, 6.45) is 0. The van der Waals surface area contributed by atoms with Crippen LogP contribution in [0.25, 0.3) is 0 Å². The predicted octanol–water partition coefficient (Wildman–Crippen LogP) is -0.410. The van der Waals surface area contributed by atoms with Gasteiger partial charge in [-0.05, 0) is 18.2 Å². The molecule has 0 aromatic heterocycles. The molecule has 108 valence electrons. The first-order valence-corrected chi connectivity index (χ1v) is 7.58. The van der Waals surface area contributed by atoms with Gasteiger partial charge in [0.1, 0.15) is 0 Å². The number of hydrogen-bond acceptors (Lipinski definition) is 5. The number of nitriles is 1. The van der Waals surface area contributed by atoms with Gasteiger partial charge in [0.15, 0.2) is 9.84 Å². The summed E-state index contributed by atoms with van der Waals surface area (Å²) in [4.78, 5) is 10.5. The molecule has 8 heteroatoms. The van der Waals surface area contributed by atoms with Crippen molar-refractivity contribution in [2.75, 3.05) is 25.4 Å². The molecule has 0 aliphatic rings. The highest BCUT2D eigenvalue weighted by atomic mass is 32.2. The van der Waals surface area contributed by atoms with Gasteiger partial charge in [-0.2, -0.15) is 5.26 Å². The molecule has 0 saturated heterocycles. The third-order valence-electron chi connectivity index (χ3n) is 2.47. The molecular weight excluding hydrogens is 280 g/mol. The average Bonchev–Trinajstić information content (AvgIpc) is 2.42. The maximum absolute atomic E-state index is 12.0. The van der Waals surface area contributed by atoms with Crippen LogP contribution in [0.2, 0.25) is 0 Å². The molecule has 0 bridgehead atoms. The molecule has 0 saturated carbocycles. The molecule has 0 aliphatic heterocycles. The lowest BCUT2D eigenvalue weighted by molar-refractivity contribution is 0.249. The van der Waals surface area contributed by atoms with E-state index < -0.39 is 15.9 Å². The standard InChI is InChI=1S/C12H16N4O3S/c13-9-10-2-1-3-11(8-10)20(18,19)7-6-15-4-5-16-12(14)17/h1-3,8,15H,4-7H2,(H3,14,16,17). The van der Waals surface area contributed by atoms with E-state index in [2.05, 4.69) is 10.6 Å². The van der Waals surface area contributed by atoms with E-state index in [0.717, 1.165) is 0 Å². The average molecular weight is 296 g/mol. The minimum atomic E-state index is -3.42. The Bertz CT molecular complexity index is 607. The van der Waals surface area contributed by atoms with Crippen molar-refractivity contribution < 1.29 is 13.2 Å². The monoisotopic (exact) mass is 296 g/mol. The molecule has 2 amide bonds. The van der Waals surface area contributed by atoms with Crippen LogP contribution >= 0.6 is 0 Å². The molecule has 7 nitrogen and oxygen atoms in total. The minimum absolute atomic E-state index is 0.0849. The Morgan fingerprint density at radius 1 is 1.30 bits per heavy atom. The first-order chi connectivity index (χ1) is 9.45. The fourth-order valence-electron chi connectivity index (χ4n) is 1.48. The number of hydrogen-bond donors (Lipinski definition) is 3. The van der Waals surface area contributed by atoms with E-state index in [1.807, 2.05) is 6.07 Å². The number of primary amides is 1. The van der Waals surface area contributed by atoms with Gasteiger partial charge in [-0.25, -0.2) is 13.2 Å². The molecule has 0 spiro atoms. The van der Waals surface area contributed by atoms with Crippen LogP contribution in [-0.4, -0.2) is 39.8 Å². The Balaban J connectivity index is 2.46. The van der Waals surface area contributed by atoms with Crippen molar-refractivity contribution in [1.82, 2.24) is 10.6 Å². The van der Waals surface area contributed by atoms with E-state index in [1.165, 1.54) is 18.2 Å². The van der Waals surface area contributed by atoms with E-state index in [4.69, 9.17) is 11.0 Å². The van der Waals surface area contributed by atoms with E-state index >= 15 is 0 Å². The molecule has 1 aromatic carbocycles. The molecule has 20 heavy (non-hydrogen) atoms. The fourth-order valence-corrected chi connectivity index (χ4v) is 2.72. The molecule has 0 aliphatic carbocycles. The van der Waals surface area contributed by atoms with E-state index in [1.54, 1.807) is 6.07 Å². The van der Waals surface area contributed by atoms with Crippen molar-refractivity contribution >= 4 is 15.9 Å². The van der Waals surface area contributed by atoms with Gasteiger partial charge in [-0.1, -0.05) is 6.07 Å². The molecule has 0 atom stereocenters. The zero-order valence-electron chi connectivity index (χ0n) is 10.8. The Morgan fingerprint density at radius 2 is 2.05 bits per heavy atom. The molecule has 0 fully saturated rings. The van der Waals surface area contributed by atoms with Crippen molar-refractivity contribution in [3.05, 3.63) is 29.8 Å². The number of rotatable bonds is 7. The summed E-state index contributed by atoms with van der Waals surface area (Å²) >= 11 is 0. The number of amides is 2. The number of benzene rings is 1. The van der Waals surface area contributed by atoms with Crippen molar-refractivity contribution in [2.45, 2.75) is 4.90 Å². The van der Waals surface area contributed by atoms with E-state index in [9.17, 15) is 13.2 Å². The van der Waals surface area contributed by atoms with Crippen LogP contribution in [0.4, 0.5) is 4.79 Å². The summed E-state index contributed by atoms with van der Waals surface area (Å²) in [6.45, 7) is 1.01. The van der Waals surface area contributed by atoms with Crippen LogP contribution in [0.1, 0.15) is 5.56 Å². The molecule has 1 aromatic rings. The SMILES string of the molecule is N#Cc1cccc(S(=O)(=O)CCNCCNC(N)=O)c1. The quantitative estimate of drug-likeness (QED) is 0.590. The van der Waals surface area contributed by atoms with Crippen molar-refractivity contribution in [3.8, 4) is 6.07 Å². The van der Waals surface area contributed by atoms with Crippen LogP contribution in [0.3, 0.4) is 0 Å². The highest BCUT2D eigenvalue weighted by molar-refractivity contribution is 7.91. The highest BCUT2D eigenvalue weighted by Crippen LogP contribution is 2.12. The van der Waals surface area contributed by atoms with Crippen LogP contribution < -0.4 is 16.4 Å². The zero-order chi connectivity index (χ0) is 15.0. The molecule has 0 unspecified atom stereocenters. The topological polar surface area (TPSA) is 125 Å². The molecule has 1 rings (SSSR count). The summed E-state index contributed by atoms with van der Waals surface area (Å²) in [5, 5.41) is 14.0. The summed E-state index contributed by atoms with van der Waals surface area (Å²) in [7, 11) is -3.42. The van der Waals surface area contributed by atoms with Gasteiger partial charge in [0.05, 0.1) is 22.3 Å². The maximum Gasteiger partial charge on any atom is 0.312 e. The van der Waals surface area contributed by atoms with E-state index in [0.29, 0.717) is 18.7 Å². The minimum Gasteiger partial charge on any atom is -0.352 e. The molecule has 4 N–H and O–H groups in total. The number of nitrogens with two attached hydrogens (primary N) is 1. The fraction of sp³-hybridized carbons (Fsp3) is 0.333. The van der Waals surface area contributed by atoms with Gasteiger partial charge in [-0.3, -0.25) is 0 Å². The van der Waals surface area contributed by atoms with Gasteiger partial charge in [-0.15, -0.1) is 0 Å². The maximum atomic E-state index is 12.0. The first-order valence-electron chi connectivity index (χ1n) is 5.92. The van der Waals surface area contributed by atoms with Crippen molar-refractivity contribution in [3.63, 3.8) is 0 Å². The lowest BCUT2D eigenvalue weighted by atomic mass is 10.2. The Hall–Kier alpha value is -2.11. The highest BCUT2D eigenvalue weighted by Gasteiger charge is 2.14. The number of carbonyl (C=O) groups excluding carboxylic acids is 1. The second-order valence-corrected chi connectivity index (χ2v) is 6.11. The van der Waals surface area contributed by atoms with Gasteiger partial charge < -0.3 is 16.4 Å². The lowest BCUT2D eigenvalue weighted by Gasteiger charge is -2.07. The number of nitrogens with one attached hydrogen (secondary N) is 2. The number of nitrogens with zero attached hydrogens (tertiary/aromatic N) is 1. The summed E-state index contributed by atoms with van der Waals surface area (Å²) in [5.41, 5.74) is 5.19. The third kappa shape index (κ3) is 5.26. The van der Waals surface area contributed by atoms with Crippen LogP contribution in [0.5, 0.6) is 0 Å². The number of sulfone groups is 1. The molecule has 0 heterocycles. The van der Waals surface area contributed by atoms with E-state index in [-0.39, 0.29) is 17.2 Å². The molecular formula is C12H16N4O3S. The first kappa shape index (κ1) is 15.9. The summed E-state index contributed by atoms with van der Waals surface area (Å²) in [5.74, 6) is -0.0849.